The second-order valence-electron chi connectivity index (χ2n) is 10.8. The van der Waals surface area contributed by atoms with Crippen molar-refractivity contribution in [1.29, 1.82) is 0 Å². The number of amidine groups is 1. The lowest BCUT2D eigenvalue weighted by Crippen LogP contribution is -2.16. The predicted molar refractivity (Wildman–Crippen MR) is 150 cm³/mol. The van der Waals surface area contributed by atoms with E-state index in [2.05, 4.69) is 68.5 Å². The number of rotatable bonds is 3. The summed E-state index contributed by atoms with van der Waals surface area (Å²) in [6, 6.07) is 17.4. The molecule has 6 heteroatoms. The Labute approximate surface area is 221 Å². The SMILES string of the molecule is N/C(=N\O)[C@@H]1[C@H]2C=C(c3ccc4ccncc4c3)C[C@H]21.[C-]#[N+][C@@H]1[C@H]2C=C(c3ccc4ccncc4c3)C[C@H]21. The van der Waals surface area contributed by atoms with Crippen LogP contribution in [0.25, 0.3) is 37.5 Å². The van der Waals surface area contributed by atoms with Crippen LogP contribution in [0.1, 0.15) is 24.0 Å². The maximum Gasteiger partial charge on any atom is 0.234 e. The van der Waals surface area contributed by atoms with Crippen molar-refractivity contribution in [1.82, 2.24) is 9.97 Å². The van der Waals surface area contributed by atoms with E-state index in [9.17, 15) is 0 Å². The molecule has 4 aromatic rings. The molecule has 3 N–H and O–H groups in total. The van der Waals surface area contributed by atoms with Gasteiger partial charge in [0, 0.05) is 41.5 Å². The van der Waals surface area contributed by atoms with E-state index in [0.717, 1.165) is 12.8 Å². The highest BCUT2D eigenvalue weighted by Gasteiger charge is 2.59. The zero-order chi connectivity index (χ0) is 25.8. The van der Waals surface area contributed by atoms with E-state index in [4.69, 9.17) is 17.5 Å². The third kappa shape index (κ3) is 3.83. The molecule has 0 aliphatic heterocycles. The molecule has 2 aromatic carbocycles. The van der Waals surface area contributed by atoms with Gasteiger partial charge in [0.1, 0.15) is 5.84 Å². The van der Waals surface area contributed by atoms with Crippen LogP contribution in [0, 0.1) is 36.2 Å². The first kappa shape index (κ1) is 22.7. The third-order valence-electron chi connectivity index (χ3n) is 8.74. The van der Waals surface area contributed by atoms with Crippen molar-refractivity contribution in [3.05, 3.63) is 108 Å². The molecule has 8 rings (SSSR count). The number of nitrogens with two attached hydrogens (primary N) is 1. The highest BCUT2D eigenvalue weighted by Crippen LogP contribution is 2.58. The van der Waals surface area contributed by atoms with Crippen LogP contribution in [0.4, 0.5) is 0 Å². The van der Waals surface area contributed by atoms with Gasteiger partial charge in [0.25, 0.3) is 0 Å². The Morgan fingerprint density at radius 3 is 1.87 bits per heavy atom. The van der Waals surface area contributed by atoms with E-state index in [1.165, 1.54) is 43.8 Å². The van der Waals surface area contributed by atoms with Gasteiger partial charge in [-0.1, -0.05) is 41.6 Å². The smallest absolute Gasteiger partial charge is 0.234 e. The second kappa shape index (κ2) is 8.81. The number of aromatic nitrogens is 2. The van der Waals surface area contributed by atoms with E-state index >= 15 is 0 Å². The maximum atomic E-state index is 8.74. The summed E-state index contributed by atoms with van der Waals surface area (Å²) in [7, 11) is 0. The normalized spacial score (nSPS) is 28.4. The Bertz CT molecular complexity index is 1710. The van der Waals surface area contributed by atoms with Gasteiger partial charge in [-0.2, -0.15) is 0 Å². The molecule has 0 spiro atoms. The molecule has 186 valence electrons. The molecule has 2 fully saturated rings. The van der Waals surface area contributed by atoms with Crippen molar-refractivity contribution in [3.8, 4) is 0 Å². The molecule has 2 saturated carbocycles. The molecule has 0 unspecified atom stereocenters. The van der Waals surface area contributed by atoms with Gasteiger partial charge in [-0.15, -0.1) is 0 Å². The maximum absolute atomic E-state index is 8.74. The van der Waals surface area contributed by atoms with Crippen molar-refractivity contribution in [3.63, 3.8) is 0 Å². The van der Waals surface area contributed by atoms with Crippen molar-refractivity contribution >= 4 is 38.5 Å². The second-order valence-corrected chi connectivity index (χ2v) is 10.8. The van der Waals surface area contributed by atoms with Crippen LogP contribution in [-0.4, -0.2) is 27.1 Å². The van der Waals surface area contributed by atoms with Gasteiger partial charge in [-0.3, -0.25) is 9.97 Å². The lowest BCUT2D eigenvalue weighted by molar-refractivity contribution is 0.316. The van der Waals surface area contributed by atoms with Crippen molar-refractivity contribution in [2.75, 3.05) is 0 Å². The Hall–Kier alpha value is -4.50. The number of hydrogen-bond donors (Lipinski definition) is 2. The molecular weight excluding hydrogens is 470 g/mol. The quantitative estimate of drug-likeness (QED) is 0.116. The van der Waals surface area contributed by atoms with E-state index in [1.54, 1.807) is 0 Å². The average Bonchev–Trinajstić information content (AvgIpc) is 3.68. The molecule has 6 nitrogen and oxygen atoms in total. The molecule has 4 aliphatic carbocycles. The molecule has 38 heavy (non-hydrogen) atoms. The number of oxime groups is 1. The lowest BCUT2D eigenvalue weighted by Gasteiger charge is -2.07. The molecule has 0 saturated heterocycles. The number of nitrogens with zero attached hydrogens (tertiary/aromatic N) is 4. The van der Waals surface area contributed by atoms with Crippen LogP contribution in [0.5, 0.6) is 0 Å². The van der Waals surface area contributed by atoms with Crippen molar-refractivity contribution in [2.45, 2.75) is 18.9 Å². The standard InChI is InChI=1S/C16H15N3O.C16H12N2/c17-16(19-20)15-13-6-11(7-14(13)15)10-2-1-9-3-4-18-8-12(9)5-10;1-17-16-14-7-12(8-15(14)16)11-3-2-10-4-5-18-9-13(10)6-11/h1-6,8,13-15,20H,7H2,(H2,17,19);2-7,9,14-16H,8H2/t13-,14+,15+;14-,15+,16+/m00/s1. The Morgan fingerprint density at radius 2 is 1.39 bits per heavy atom. The van der Waals surface area contributed by atoms with Gasteiger partial charge in [0.05, 0.1) is 11.8 Å². The molecule has 2 heterocycles. The van der Waals surface area contributed by atoms with E-state index in [1.807, 2.05) is 36.9 Å². The fourth-order valence-corrected chi connectivity index (χ4v) is 6.52. The number of allylic oxidation sites excluding steroid dienone is 3. The van der Waals surface area contributed by atoms with Gasteiger partial charge >= 0.3 is 0 Å². The Balaban J connectivity index is 0.000000128. The fourth-order valence-electron chi connectivity index (χ4n) is 6.52. The topological polar surface area (TPSA) is 88.8 Å². The van der Waals surface area contributed by atoms with Crippen LogP contribution in [0.3, 0.4) is 0 Å². The van der Waals surface area contributed by atoms with Gasteiger partial charge in [-0.05, 0) is 82.0 Å². The third-order valence-corrected chi connectivity index (χ3v) is 8.74. The van der Waals surface area contributed by atoms with Gasteiger partial charge in [-0.25, -0.2) is 6.57 Å². The van der Waals surface area contributed by atoms with Crippen LogP contribution >= 0.6 is 0 Å². The van der Waals surface area contributed by atoms with Gasteiger partial charge in [0.2, 0.25) is 6.04 Å². The minimum atomic E-state index is 0.242. The number of fused-ring (bicyclic) bond motifs is 4. The fraction of sp³-hybridized carbons (Fsp3) is 0.250. The molecule has 6 atom stereocenters. The Kier molecular flexibility index (Phi) is 5.26. The summed E-state index contributed by atoms with van der Waals surface area (Å²) >= 11 is 0. The number of pyridine rings is 2. The lowest BCUT2D eigenvalue weighted by atomic mass is 9.98. The predicted octanol–water partition coefficient (Wildman–Crippen LogP) is 6.19. The molecule has 0 bridgehead atoms. The summed E-state index contributed by atoms with van der Waals surface area (Å²) in [5, 5.41) is 16.7. The van der Waals surface area contributed by atoms with Crippen LogP contribution in [0.15, 0.2) is 90.6 Å². The summed E-state index contributed by atoms with van der Waals surface area (Å²) in [5.41, 5.74) is 11.0. The molecular formula is C32H27N5O. The highest BCUT2D eigenvalue weighted by atomic mass is 16.4. The minimum Gasteiger partial charge on any atom is -0.409 e. The molecule has 4 aliphatic rings. The van der Waals surface area contributed by atoms with E-state index in [-0.39, 0.29) is 12.0 Å². The summed E-state index contributed by atoms with van der Waals surface area (Å²) in [6.07, 6.45) is 14.1. The van der Waals surface area contributed by atoms with Crippen LogP contribution in [-0.2, 0) is 0 Å². The highest BCUT2D eigenvalue weighted by molar-refractivity contribution is 5.90. The van der Waals surface area contributed by atoms with Crippen molar-refractivity contribution < 1.29 is 5.21 Å². The van der Waals surface area contributed by atoms with Gasteiger partial charge in [0.15, 0.2) is 0 Å². The Morgan fingerprint density at radius 1 is 0.816 bits per heavy atom. The minimum absolute atomic E-state index is 0.242. The first-order chi connectivity index (χ1) is 18.6. The molecule has 0 amide bonds. The summed E-state index contributed by atoms with van der Waals surface area (Å²) in [6.45, 7) is 7.08. The molecule has 2 aromatic heterocycles. The average molecular weight is 498 g/mol. The van der Waals surface area contributed by atoms with Gasteiger partial charge < -0.3 is 15.8 Å². The monoisotopic (exact) mass is 497 g/mol. The van der Waals surface area contributed by atoms with E-state index in [0.29, 0.717) is 29.5 Å². The summed E-state index contributed by atoms with van der Waals surface area (Å²) in [4.78, 5) is 12.0. The van der Waals surface area contributed by atoms with Crippen molar-refractivity contribution in [2.24, 2.45) is 40.5 Å². The van der Waals surface area contributed by atoms with Crippen LogP contribution < -0.4 is 5.73 Å². The largest absolute Gasteiger partial charge is 0.409 e. The van der Waals surface area contributed by atoms with Crippen LogP contribution in [0.2, 0.25) is 0 Å². The summed E-state index contributed by atoms with van der Waals surface area (Å²) < 4.78 is 0. The van der Waals surface area contributed by atoms with E-state index < -0.39 is 0 Å². The summed E-state index contributed by atoms with van der Waals surface area (Å²) in [5.74, 6) is 2.71. The first-order valence-corrected chi connectivity index (χ1v) is 13.1. The number of hydrogen-bond acceptors (Lipinski definition) is 4. The first-order valence-electron chi connectivity index (χ1n) is 13.1. The number of benzene rings is 2. The zero-order valence-electron chi connectivity index (χ0n) is 20.8. The zero-order valence-corrected chi connectivity index (χ0v) is 20.8. The molecule has 0 radical (unpaired) electrons.